The Morgan fingerprint density at radius 2 is 2.00 bits per heavy atom. The van der Waals surface area contributed by atoms with Crippen LogP contribution in [0.15, 0.2) is 6.07 Å². The molecule has 4 nitrogen and oxygen atoms in total. The highest BCUT2D eigenvalue weighted by Gasteiger charge is 2.15. The van der Waals surface area contributed by atoms with Gasteiger partial charge in [-0.05, 0) is 25.2 Å². The number of ether oxygens (including phenoxy) is 1. The van der Waals surface area contributed by atoms with Gasteiger partial charge in [0.25, 0.3) is 0 Å². The van der Waals surface area contributed by atoms with Crippen LogP contribution >= 0.6 is 0 Å². The summed E-state index contributed by atoms with van der Waals surface area (Å²) in [6.07, 6.45) is 2.10. The average Bonchev–Trinajstić information content (AvgIpc) is 2.33. The molecule has 0 radical (unpaired) electrons. The molecule has 0 amide bonds. The van der Waals surface area contributed by atoms with E-state index in [9.17, 15) is 0 Å². The SMILES string of the molecule is CCCOc1cc(C)nc(NCC(C)(C)CC)n1. The van der Waals surface area contributed by atoms with E-state index in [0.717, 1.165) is 25.1 Å². The second-order valence-electron chi connectivity index (χ2n) is 5.39. The van der Waals surface area contributed by atoms with Gasteiger partial charge in [0.2, 0.25) is 11.8 Å². The fourth-order valence-electron chi connectivity index (χ4n) is 1.34. The maximum atomic E-state index is 5.54. The third kappa shape index (κ3) is 4.90. The second-order valence-corrected chi connectivity index (χ2v) is 5.39. The highest BCUT2D eigenvalue weighted by Crippen LogP contribution is 2.20. The molecule has 0 aliphatic carbocycles. The van der Waals surface area contributed by atoms with Gasteiger partial charge < -0.3 is 10.1 Å². The van der Waals surface area contributed by atoms with Crippen LogP contribution in [0.2, 0.25) is 0 Å². The van der Waals surface area contributed by atoms with E-state index in [1.165, 1.54) is 0 Å². The van der Waals surface area contributed by atoms with Crippen LogP contribution in [0.4, 0.5) is 5.95 Å². The lowest BCUT2D eigenvalue weighted by Gasteiger charge is -2.22. The van der Waals surface area contributed by atoms with Crippen LogP contribution in [0.3, 0.4) is 0 Å². The maximum absolute atomic E-state index is 5.54. The number of aromatic nitrogens is 2. The lowest BCUT2D eigenvalue weighted by molar-refractivity contribution is 0.304. The minimum atomic E-state index is 0.248. The Bertz CT molecular complexity index is 377. The molecule has 0 unspecified atom stereocenters. The Kier molecular flexibility index (Phi) is 5.38. The molecule has 4 heteroatoms. The van der Waals surface area contributed by atoms with E-state index in [2.05, 4.69) is 43.0 Å². The van der Waals surface area contributed by atoms with Crippen molar-refractivity contribution in [2.75, 3.05) is 18.5 Å². The van der Waals surface area contributed by atoms with Gasteiger partial charge in [-0.15, -0.1) is 0 Å². The van der Waals surface area contributed by atoms with Crippen molar-refractivity contribution in [3.05, 3.63) is 11.8 Å². The molecule has 0 atom stereocenters. The van der Waals surface area contributed by atoms with Crippen LogP contribution in [0.25, 0.3) is 0 Å². The minimum absolute atomic E-state index is 0.248. The van der Waals surface area contributed by atoms with Crippen LogP contribution in [0.1, 0.15) is 46.2 Å². The van der Waals surface area contributed by atoms with Crippen molar-refractivity contribution in [3.8, 4) is 5.88 Å². The molecule has 0 aromatic carbocycles. The quantitative estimate of drug-likeness (QED) is 0.806. The van der Waals surface area contributed by atoms with E-state index in [-0.39, 0.29) is 5.41 Å². The fourth-order valence-corrected chi connectivity index (χ4v) is 1.34. The predicted octanol–water partition coefficient (Wildman–Crippen LogP) is 3.42. The number of hydrogen-bond acceptors (Lipinski definition) is 4. The summed E-state index contributed by atoms with van der Waals surface area (Å²) in [5, 5.41) is 3.29. The first-order valence-corrected chi connectivity index (χ1v) is 6.69. The number of anilines is 1. The van der Waals surface area contributed by atoms with Crippen molar-refractivity contribution in [3.63, 3.8) is 0 Å². The molecule has 0 aliphatic rings. The van der Waals surface area contributed by atoms with E-state index in [1.807, 2.05) is 13.0 Å². The van der Waals surface area contributed by atoms with Gasteiger partial charge in [0.1, 0.15) is 0 Å². The van der Waals surface area contributed by atoms with E-state index in [1.54, 1.807) is 0 Å². The largest absolute Gasteiger partial charge is 0.478 e. The zero-order valence-corrected chi connectivity index (χ0v) is 12.2. The van der Waals surface area contributed by atoms with Crippen molar-refractivity contribution in [1.82, 2.24) is 9.97 Å². The molecular formula is C14H25N3O. The molecule has 1 aromatic rings. The highest BCUT2D eigenvalue weighted by molar-refractivity contribution is 5.30. The zero-order chi connectivity index (χ0) is 13.6. The maximum Gasteiger partial charge on any atom is 0.226 e. The highest BCUT2D eigenvalue weighted by atomic mass is 16.5. The molecule has 1 aromatic heterocycles. The van der Waals surface area contributed by atoms with Gasteiger partial charge in [-0.1, -0.05) is 27.7 Å². The van der Waals surface area contributed by atoms with Gasteiger partial charge in [0.15, 0.2) is 0 Å². The lowest BCUT2D eigenvalue weighted by atomic mass is 9.90. The summed E-state index contributed by atoms with van der Waals surface area (Å²) >= 11 is 0. The molecular weight excluding hydrogens is 226 g/mol. The molecule has 18 heavy (non-hydrogen) atoms. The number of aryl methyl sites for hydroxylation is 1. The number of rotatable bonds is 7. The predicted molar refractivity (Wildman–Crippen MR) is 75.1 cm³/mol. The van der Waals surface area contributed by atoms with Crippen LogP contribution in [0.5, 0.6) is 5.88 Å². The topological polar surface area (TPSA) is 47.0 Å². The number of hydrogen-bond donors (Lipinski definition) is 1. The molecule has 0 fully saturated rings. The molecule has 0 saturated carbocycles. The van der Waals surface area contributed by atoms with Crippen molar-refractivity contribution in [1.29, 1.82) is 0 Å². The monoisotopic (exact) mass is 251 g/mol. The first kappa shape index (κ1) is 14.7. The Labute approximate surface area is 110 Å². The Balaban J connectivity index is 2.68. The van der Waals surface area contributed by atoms with Gasteiger partial charge in [-0.25, -0.2) is 4.98 Å². The molecule has 0 spiro atoms. The normalized spacial score (nSPS) is 11.4. The summed E-state index contributed by atoms with van der Waals surface area (Å²) < 4.78 is 5.54. The third-order valence-corrected chi connectivity index (χ3v) is 2.97. The molecule has 102 valence electrons. The molecule has 0 saturated heterocycles. The summed E-state index contributed by atoms with van der Waals surface area (Å²) in [6.45, 7) is 12.2. The number of nitrogens with one attached hydrogen (secondary N) is 1. The van der Waals surface area contributed by atoms with E-state index in [4.69, 9.17) is 4.74 Å². The Hall–Kier alpha value is -1.32. The second kappa shape index (κ2) is 6.57. The summed E-state index contributed by atoms with van der Waals surface area (Å²) in [5.74, 6) is 1.31. The standard InChI is InChI=1S/C14H25N3O/c1-6-8-18-12-9-11(3)16-13(17-12)15-10-14(4,5)7-2/h9H,6-8,10H2,1-5H3,(H,15,16,17). The summed E-state index contributed by atoms with van der Waals surface area (Å²) in [4.78, 5) is 8.74. The first-order chi connectivity index (χ1) is 8.46. The Morgan fingerprint density at radius 1 is 1.28 bits per heavy atom. The van der Waals surface area contributed by atoms with Crippen molar-refractivity contribution >= 4 is 5.95 Å². The van der Waals surface area contributed by atoms with Crippen LogP contribution in [-0.4, -0.2) is 23.1 Å². The molecule has 0 aliphatic heterocycles. The molecule has 1 rings (SSSR count). The summed E-state index contributed by atoms with van der Waals surface area (Å²) in [6, 6.07) is 1.87. The van der Waals surface area contributed by atoms with E-state index >= 15 is 0 Å². The van der Waals surface area contributed by atoms with E-state index in [0.29, 0.717) is 18.4 Å². The van der Waals surface area contributed by atoms with Gasteiger partial charge in [-0.2, -0.15) is 4.98 Å². The van der Waals surface area contributed by atoms with Crippen molar-refractivity contribution in [2.45, 2.75) is 47.5 Å². The Morgan fingerprint density at radius 3 is 2.61 bits per heavy atom. The van der Waals surface area contributed by atoms with Gasteiger partial charge in [0.05, 0.1) is 6.61 Å². The van der Waals surface area contributed by atoms with Crippen LogP contribution in [0, 0.1) is 12.3 Å². The minimum Gasteiger partial charge on any atom is -0.478 e. The third-order valence-electron chi connectivity index (χ3n) is 2.97. The number of nitrogens with zero attached hydrogens (tertiary/aromatic N) is 2. The van der Waals surface area contributed by atoms with Crippen molar-refractivity contribution < 1.29 is 4.74 Å². The smallest absolute Gasteiger partial charge is 0.226 e. The van der Waals surface area contributed by atoms with Gasteiger partial charge in [0, 0.05) is 18.3 Å². The average molecular weight is 251 g/mol. The summed E-state index contributed by atoms with van der Waals surface area (Å²) in [7, 11) is 0. The van der Waals surface area contributed by atoms with Crippen LogP contribution in [-0.2, 0) is 0 Å². The molecule has 1 heterocycles. The lowest BCUT2D eigenvalue weighted by Crippen LogP contribution is -2.23. The van der Waals surface area contributed by atoms with E-state index < -0.39 is 0 Å². The first-order valence-electron chi connectivity index (χ1n) is 6.69. The van der Waals surface area contributed by atoms with Crippen molar-refractivity contribution in [2.24, 2.45) is 5.41 Å². The fraction of sp³-hybridized carbons (Fsp3) is 0.714. The van der Waals surface area contributed by atoms with Crippen LogP contribution < -0.4 is 10.1 Å². The summed E-state index contributed by atoms with van der Waals surface area (Å²) in [5.41, 5.74) is 1.17. The van der Waals surface area contributed by atoms with Gasteiger partial charge >= 0.3 is 0 Å². The zero-order valence-electron chi connectivity index (χ0n) is 12.2. The molecule has 0 bridgehead atoms. The molecule has 1 N–H and O–H groups in total. The van der Waals surface area contributed by atoms with Gasteiger partial charge in [-0.3, -0.25) is 0 Å².